The molecule has 0 radical (unpaired) electrons. The van der Waals surface area contributed by atoms with Gasteiger partial charge in [0.1, 0.15) is 5.84 Å². The Balaban J connectivity index is 0.00000169. The van der Waals surface area contributed by atoms with Gasteiger partial charge in [0.15, 0.2) is 0 Å². The molecule has 78 valence electrons. The molecule has 1 rings (SSSR count). The zero-order valence-electron chi connectivity index (χ0n) is 8.12. The molecule has 0 atom stereocenters. The second kappa shape index (κ2) is 6.40. The molecular formula is C10H15ClN2O. The molecule has 0 spiro atoms. The summed E-state index contributed by atoms with van der Waals surface area (Å²) in [6.07, 6.45) is 0. The summed E-state index contributed by atoms with van der Waals surface area (Å²) in [5.41, 5.74) is 7.15. The van der Waals surface area contributed by atoms with Crippen molar-refractivity contribution in [2.45, 2.75) is 13.5 Å². The highest BCUT2D eigenvalue weighted by Crippen LogP contribution is 2.05. The lowest BCUT2D eigenvalue weighted by atomic mass is 10.1. The van der Waals surface area contributed by atoms with Crippen molar-refractivity contribution in [3.8, 4) is 0 Å². The zero-order chi connectivity index (χ0) is 9.68. The van der Waals surface area contributed by atoms with Crippen LogP contribution in [0, 0.1) is 5.41 Å². The number of nitrogens with two attached hydrogens (primary N) is 1. The normalized spacial score (nSPS) is 9.21. The van der Waals surface area contributed by atoms with Crippen LogP contribution in [0.5, 0.6) is 0 Å². The summed E-state index contributed by atoms with van der Waals surface area (Å²) in [6, 6.07) is 7.53. The summed E-state index contributed by atoms with van der Waals surface area (Å²) in [6.45, 7) is 3.23. The summed E-state index contributed by atoms with van der Waals surface area (Å²) >= 11 is 0. The van der Waals surface area contributed by atoms with Crippen molar-refractivity contribution in [3.63, 3.8) is 0 Å². The van der Waals surface area contributed by atoms with Gasteiger partial charge in [-0.05, 0) is 18.6 Å². The average Bonchev–Trinajstić information content (AvgIpc) is 2.15. The van der Waals surface area contributed by atoms with E-state index < -0.39 is 0 Å². The molecule has 0 aliphatic rings. The Hall–Kier alpha value is -1.06. The minimum Gasteiger partial charge on any atom is -0.384 e. The number of hydrogen-bond donors (Lipinski definition) is 2. The highest BCUT2D eigenvalue weighted by Gasteiger charge is 1.97. The Kier molecular flexibility index (Phi) is 5.92. The van der Waals surface area contributed by atoms with E-state index in [0.717, 1.165) is 11.1 Å². The van der Waals surface area contributed by atoms with Crippen molar-refractivity contribution in [2.75, 3.05) is 6.61 Å². The number of rotatable bonds is 4. The Morgan fingerprint density at radius 2 is 2.21 bits per heavy atom. The molecule has 0 aliphatic carbocycles. The van der Waals surface area contributed by atoms with E-state index in [-0.39, 0.29) is 18.2 Å². The molecule has 1 aromatic rings. The highest BCUT2D eigenvalue weighted by atomic mass is 35.5. The van der Waals surface area contributed by atoms with Gasteiger partial charge in [0, 0.05) is 12.2 Å². The Labute approximate surface area is 90.2 Å². The van der Waals surface area contributed by atoms with Gasteiger partial charge in [-0.2, -0.15) is 0 Å². The van der Waals surface area contributed by atoms with E-state index in [2.05, 4.69) is 0 Å². The van der Waals surface area contributed by atoms with Gasteiger partial charge in [0.05, 0.1) is 6.61 Å². The van der Waals surface area contributed by atoms with Crippen LogP contribution in [0.3, 0.4) is 0 Å². The second-order valence-corrected chi connectivity index (χ2v) is 2.75. The summed E-state index contributed by atoms with van der Waals surface area (Å²) < 4.78 is 5.24. The Morgan fingerprint density at radius 1 is 1.50 bits per heavy atom. The first-order chi connectivity index (χ1) is 6.24. The second-order valence-electron chi connectivity index (χ2n) is 2.75. The predicted octanol–water partition coefficient (Wildman–Crippen LogP) is 1.93. The van der Waals surface area contributed by atoms with Gasteiger partial charge in [-0.1, -0.05) is 18.2 Å². The van der Waals surface area contributed by atoms with Crippen molar-refractivity contribution >= 4 is 18.2 Å². The zero-order valence-corrected chi connectivity index (χ0v) is 8.93. The molecule has 0 fully saturated rings. The van der Waals surface area contributed by atoms with Crippen molar-refractivity contribution in [3.05, 3.63) is 35.4 Å². The number of halogens is 1. The lowest BCUT2D eigenvalue weighted by Gasteiger charge is -2.03. The van der Waals surface area contributed by atoms with Gasteiger partial charge in [-0.15, -0.1) is 12.4 Å². The topological polar surface area (TPSA) is 59.1 Å². The summed E-state index contributed by atoms with van der Waals surface area (Å²) in [5.74, 6) is 0.0957. The van der Waals surface area contributed by atoms with Gasteiger partial charge < -0.3 is 10.5 Å². The van der Waals surface area contributed by atoms with Crippen LogP contribution in [0.15, 0.2) is 24.3 Å². The van der Waals surface area contributed by atoms with Crippen LogP contribution in [-0.2, 0) is 11.3 Å². The average molecular weight is 215 g/mol. The van der Waals surface area contributed by atoms with Gasteiger partial charge in [0.2, 0.25) is 0 Å². The van der Waals surface area contributed by atoms with Crippen LogP contribution in [0.4, 0.5) is 0 Å². The maximum atomic E-state index is 7.25. The fourth-order valence-electron chi connectivity index (χ4n) is 1.05. The molecule has 0 heterocycles. The molecule has 3 nitrogen and oxygen atoms in total. The highest BCUT2D eigenvalue weighted by molar-refractivity contribution is 5.95. The number of nitrogens with one attached hydrogen (secondary N) is 1. The SMILES string of the molecule is CCOCc1cccc(C(=N)N)c1.Cl. The van der Waals surface area contributed by atoms with Crippen molar-refractivity contribution in [1.82, 2.24) is 0 Å². The summed E-state index contributed by atoms with van der Waals surface area (Å²) in [5, 5.41) is 7.25. The van der Waals surface area contributed by atoms with E-state index in [9.17, 15) is 0 Å². The lowest BCUT2D eigenvalue weighted by Crippen LogP contribution is -2.11. The van der Waals surface area contributed by atoms with Crippen LogP contribution in [0.1, 0.15) is 18.1 Å². The molecular weight excluding hydrogens is 200 g/mol. The van der Waals surface area contributed by atoms with Crippen LogP contribution in [0.25, 0.3) is 0 Å². The number of ether oxygens (including phenoxy) is 1. The predicted molar refractivity (Wildman–Crippen MR) is 60.0 cm³/mol. The first-order valence-corrected chi connectivity index (χ1v) is 4.25. The van der Waals surface area contributed by atoms with E-state index in [1.807, 2.05) is 31.2 Å². The van der Waals surface area contributed by atoms with Gasteiger partial charge >= 0.3 is 0 Å². The van der Waals surface area contributed by atoms with E-state index in [0.29, 0.717) is 13.2 Å². The standard InChI is InChI=1S/C10H14N2O.ClH/c1-2-13-7-8-4-3-5-9(6-8)10(11)12;/h3-6H,2,7H2,1H3,(H3,11,12);1H. The fraction of sp³-hybridized carbons (Fsp3) is 0.300. The molecule has 1 aromatic carbocycles. The van der Waals surface area contributed by atoms with E-state index in [1.165, 1.54) is 0 Å². The smallest absolute Gasteiger partial charge is 0.122 e. The maximum Gasteiger partial charge on any atom is 0.122 e. The third-order valence-electron chi connectivity index (χ3n) is 1.71. The fourth-order valence-corrected chi connectivity index (χ4v) is 1.05. The maximum absolute atomic E-state index is 7.25. The lowest BCUT2D eigenvalue weighted by molar-refractivity contribution is 0.134. The number of amidine groups is 1. The molecule has 4 heteroatoms. The largest absolute Gasteiger partial charge is 0.384 e. The van der Waals surface area contributed by atoms with Crippen LogP contribution >= 0.6 is 12.4 Å². The van der Waals surface area contributed by atoms with E-state index >= 15 is 0 Å². The summed E-state index contributed by atoms with van der Waals surface area (Å²) in [4.78, 5) is 0. The first-order valence-electron chi connectivity index (χ1n) is 4.25. The van der Waals surface area contributed by atoms with Crippen molar-refractivity contribution in [2.24, 2.45) is 5.73 Å². The Morgan fingerprint density at radius 3 is 2.79 bits per heavy atom. The molecule has 0 saturated carbocycles. The first kappa shape index (κ1) is 12.9. The van der Waals surface area contributed by atoms with Crippen LogP contribution < -0.4 is 5.73 Å². The van der Waals surface area contributed by atoms with Gasteiger partial charge in [0.25, 0.3) is 0 Å². The molecule has 14 heavy (non-hydrogen) atoms. The monoisotopic (exact) mass is 214 g/mol. The molecule has 0 aliphatic heterocycles. The Bertz CT molecular complexity index is 302. The minimum atomic E-state index is 0. The van der Waals surface area contributed by atoms with Gasteiger partial charge in [-0.25, -0.2) is 0 Å². The number of hydrogen-bond acceptors (Lipinski definition) is 2. The molecule has 0 unspecified atom stereocenters. The van der Waals surface area contributed by atoms with Crippen molar-refractivity contribution < 1.29 is 4.74 Å². The number of benzene rings is 1. The molecule has 0 aromatic heterocycles. The quantitative estimate of drug-likeness (QED) is 0.595. The molecule has 3 N–H and O–H groups in total. The number of nitrogen functional groups attached to an aromatic ring is 1. The van der Waals surface area contributed by atoms with Gasteiger partial charge in [-0.3, -0.25) is 5.41 Å². The third-order valence-corrected chi connectivity index (χ3v) is 1.71. The van der Waals surface area contributed by atoms with Crippen LogP contribution in [-0.4, -0.2) is 12.4 Å². The van der Waals surface area contributed by atoms with E-state index in [4.69, 9.17) is 15.9 Å². The van der Waals surface area contributed by atoms with Crippen molar-refractivity contribution in [1.29, 1.82) is 5.41 Å². The molecule has 0 saturated heterocycles. The van der Waals surface area contributed by atoms with Crippen LogP contribution in [0.2, 0.25) is 0 Å². The minimum absolute atomic E-state index is 0. The van der Waals surface area contributed by atoms with E-state index in [1.54, 1.807) is 0 Å². The molecule has 0 amide bonds. The third kappa shape index (κ3) is 3.77. The molecule has 0 bridgehead atoms. The summed E-state index contributed by atoms with van der Waals surface area (Å²) in [7, 11) is 0.